The van der Waals surface area contributed by atoms with Gasteiger partial charge in [0.15, 0.2) is 0 Å². The Labute approximate surface area is 178 Å². The number of esters is 1. The first-order chi connectivity index (χ1) is 14.3. The first-order valence-electron chi connectivity index (χ1n) is 9.87. The van der Waals surface area contributed by atoms with Gasteiger partial charge in [0.05, 0.1) is 13.7 Å². The van der Waals surface area contributed by atoms with Crippen LogP contribution in [0.15, 0.2) is 30.3 Å². The standard InChI is InChI=1S/C9H15N3O5.C7H8.C5H11N/c1-17-9(16)6(2-3-7(10)14)12-8(15)4-11-5-13;1-7-5-3-2-4-6-7;1-5-3-2-4-6-5/h5-6H,2-4H2,1H3,(H2,10,14)(H,11,13)(H,12,15);2-6H,1H3;5-6H,2-4H2,1H3. The molecule has 0 saturated carbocycles. The van der Waals surface area contributed by atoms with E-state index in [0.717, 1.165) is 13.2 Å². The first-order valence-corrected chi connectivity index (χ1v) is 9.87. The largest absolute Gasteiger partial charge is 0.467 e. The zero-order valence-electron chi connectivity index (χ0n) is 18.0. The average molecular weight is 423 g/mol. The molecule has 1 aliphatic rings. The molecule has 168 valence electrons. The van der Waals surface area contributed by atoms with E-state index in [1.807, 2.05) is 18.2 Å². The molecule has 2 atom stereocenters. The fourth-order valence-corrected chi connectivity index (χ4v) is 2.45. The topological polar surface area (TPSA) is 140 Å². The highest BCUT2D eigenvalue weighted by Gasteiger charge is 2.21. The Hall–Kier alpha value is -2.94. The molecule has 0 aliphatic carbocycles. The third-order valence-electron chi connectivity index (χ3n) is 4.09. The Morgan fingerprint density at radius 2 is 1.97 bits per heavy atom. The van der Waals surface area contributed by atoms with Crippen LogP contribution in [-0.2, 0) is 23.9 Å². The molecule has 30 heavy (non-hydrogen) atoms. The van der Waals surface area contributed by atoms with Crippen LogP contribution in [0.5, 0.6) is 0 Å². The highest BCUT2D eigenvalue weighted by atomic mass is 16.5. The normalized spacial score (nSPS) is 15.2. The lowest BCUT2D eigenvalue weighted by molar-refractivity contribution is -0.145. The lowest BCUT2D eigenvalue weighted by atomic mass is 10.1. The Kier molecular flexibility index (Phi) is 15.3. The third kappa shape index (κ3) is 15.0. The molecular formula is C21H34N4O5. The van der Waals surface area contributed by atoms with Crippen molar-refractivity contribution < 1.29 is 23.9 Å². The predicted octanol–water partition coefficient (Wildman–Crippen LogP) is 0.409. The summed E-state index contributed by atoms with van der Waals surface area (Å²) < 4.78 is 4.45. The van der Waals surface area contributed by atoms with Gasteiger partial charge in [-0.25, -0.2) is 4.79 Å². The number of primary amides is 1. The van der Waals surface area contributed by atoms with E-state index in [1.165, 1.54) is 24.9 Å². The fraction of sp³-hybridized carbons (Fsp3) is 0.524. The van der Waals surface area contributed by atoms with E-state index in [4.69, 9.17) is 5.73 Å². The summed E-state index contributed by atoms with van der Waals surface area (Å²) in [6, 6.07) is 10.1. The van der Waals surface area contributed by atoms with Crippen LogP contribution in [0.2, 0.25) is 0 Å². The summed E-state index contributed by atoms with van der Waals surface area (Å²) in [4.78, 5) is 43.0. The summed E-state index contributed by atoms with van der Waals surface area (Å²) in [7, 11) is 1.16. The Morgan fingerprint density at radius 1 is 1.30 bits per heavy atom. The lowest BCUT2D eigenvalue weighted by Gasteiger charge is -2.15. The Morgan fingerprint density at radius 3 is 2.33 bits per heavy atom. The molecular weight excluding hydrogens is 388 g/mol. The van der Waals surface area contributed by atoms with Crippen LogP contribution in [0.4, 0.5) is 0 Å². The number of nitrogens with one attached hydrogen (secondary N) is 3. The minimum Gasteiger partial charge on any atom is -0.467 e. The van der Waals surface area contributed by atoms with Gasteiger partial charge in [0.1, 0.15) is 6.04 Å². The lowest BCUT2D eigenvalue weighted by Crippen LogP contribution is -2.45. The molecule has 0 spiro atoms. The molecule has 1 aromatic rings. The fourth-order valence-electron chi connectivity index (χ4n) is 2.45. The van der Waals surface area contributed by atoms with Gasteiger partial charge in [-0.1, -0.05) is 35.9 Å². The molecule has 2 rings (SSSR count). The van der Waals surface area contributed by atoms with Crippen LogP contribution >= 0.6 is 0 Å². The van der Waals surface area contributed by atoms with Gasteiger partial charge in [-0.15, -0.1) is 0 Å². The van der Waals surface area contributed by atoms with Crippen molar-refractivity contribution in [2.24, 2.45) is 5.73 Å². The van der Waals surface area contributed by atoms with Crippen molar-refractivity contribution in [3.05, 3.63) is 35.9 Å². The van der Waals surface area contributed by atoms with Gasteiger partial charge in [0.25, 0.3) is 0 Å². The molecule has 0 radical (unpaired) electrons. The van der Waals surface area contributed by atoms with E-state index in [2.05, 4.69) is 46.7 Å². The van der Waals surface area contributed by atoms with E-state index in [0.29, 0.717) is 6.41 Å². The summed E-state index contributed by atoms with van der Waals surface area (Å²) in [5.74, 6) is -1.82. The minimum absolute atomic E-state index is 0.0504. The van der Waals surface area contributed by atoms with Gasteiger partial charge in [-0.05, 0) is 39.7 Å². The van der Waals surface area contributed by atoms with Gasteiger partial charge in [0.2, 0.25) is 18.2 Å². The van der Waals surface area contributed by atoms with Crippen LogP contribution < -0.4 is 21.7 Å². The average Bonchev–Trinajstić information content (AvgIpc) is 3.21. The number of rotatable bonds is 8. The summed E-state index contributed by atoms with van der Waals surface area (Å²) >= 11 is 0. The van der Waals surface area contributed by atoms with E-state index in [1.54, 1.807) is 0 Å². The van der Waals surface area contributed by atoms with Crippen molar-refractivity contribution in [1.29, 1.82) is 0 Å². The van der Waals surface area contributed by atoms with Crippen LogP contribution in [-0.4, -0.2) is 56.5 Å². The van der Waals surface area contributed by atoms with Crippen LogP contribution in [0.25, 0.3) is 0 Å². The second-order valence-electron chi connectivity index (χ2n) is 6.80. The van der Waals surface area contributed by atoms with Crippen molar-refractivity contribution in [3.8, 4) is 0 Å². The highest BCUT2D eigenvalue weighted by molar-refractivity contribution is 5.86. The second kappa shape index (κ2) is 17.0. The van der Waals surface area contributed by atoms with Gasteiger partial charge >= 0.3 is 5.97 Å². The van der Waals surface area contributed by atoms with E-state index < -0.39 is 23.8 Å². The number of carbonyl (C=O) groups is 4. The zero-order valence-corrected chi connectivity index (χ0v) is 18.0. The number of benzene rings is 1. The molecule has 1 aromatic carbocycles. The van der Waals surface area contributed by atoms with E-state index in [9.17, 15) is 19.2 Å². The molecule has 1 saturated heterocycles. The molecule has 9 heteroatoms. The third-order valence-corrected chi connectivity index (χ3v) is 4.09. The molecule has 1 fully saturated rings. The summed E-state index contributed by atoms with van der Waals surface area (Å²) in [6.45, 7) is 5.29. The number of hydrogen-bond donors (Lipinski definition) is 4. The molecule has 3 amide bonds. The predicted molar refractivity (Wildman–Crippen MR) is 114 cm³/mol. The maximum Gasteiger partial charge on any atom is 0.328 e. The van der Waals surface area contributed by atoms with Gasteiger partial charge in [0, 0.05) is 12.5 Å². The molecule has 0 bridgehead atoms. The van der Waals surface area contributed by atoms with Crippen LogP contribution in [0.3, 0.4) is 0 Å². The summed E-state index contributed by atoms with van der Waals surface area (Å²) in [5, 5.41) is 7.77. The first kappa shape index (κ1) is 27.1. The van der Waals surface area contributed by atoms with Crippen LogP contribution in [0, 0.1) is 6.92 Å². The maximum absolute atomic E-state index is 11.3. The summed E-state index contributed by atoms with van der Waals surface area (Å²) in [6.07, 6.45) is 3.10. The monoisotopic (exact) mass is 422 g/mol. The zero-order chi connectivity index (χ0) is 22.8. The number of aryl methyl sites for hydroxylation is 1. The molecule has 1 aliphatic heterocycles. The Bertz CT molecular complexity index is 634. The number of nitrogens with two attached hydrogens (primary N) is 1. The van der Waals surface area contributed by atoms with Gasteiger partial charge < -0.3 is 26.4 Å². The number of ether oxygens (including phenoxy) is 1. The van der Waals surface area contributed by atoms with Gasteiger partial charge in [-0.3, -0.25) is 14.4 Å². The van der Waals surface area contributed by atoms with Crippen molar-refractivity contribution in [3.63, 3.8) is 0 Å². The maximum atomic E-state index is 11.3. The number of amides is 3. The second-order valence-corrected chi connectivity index (χ2v) is 6.80. The van der Waals surface area contributed by atoms with Gasteiger partial charge in [-0.2, -0.15) is 0 Å². The van der Waals surface area contributed by atoms with E-state index in [-0.39, 0.29) is 19.4 Å². The SMILES string of the molecule is CC1CCCN1.COC(=O)C(CCC(N)=O)NC(=O)CNC=O.Cc1ccccc1. The van der Waals surface area contributed by atoms with Crippen LogP contribution in [0.1, 0.15) is 38.2 Å². The van der Waals surface area contributed by atoms with Crippen molar-refractivity contribution in [2.45, 2.75) is 51.6 Å². The smallest absolute Gasteiger partial charge is 0.328 e. The highest BCUT2D eigenvalue weighted by Crippen LogP contribution is 2.01. The molecule has 0 aromatic heterocycles. The number of hydrogen-bond acceptors (Lipinski definition) is 6. The molecule has 2 unspecified atom stereocenters. The van der Waals surface area contributed by atoms with Crippen molar-refractivity contribution in [1.82, 2.24) is 16.0 Å². The summed E-state index contributed by atoms with van der Waals surface area (Å²) in [5.41, 5.74) is 6.25. The number of methoxy groups -OCH3 is 1. The van der Waals surface area contributed by atoms with E-state index >= 15 is 0 Å². The molecule has 9 nitrogen and oxygen atoms in total. The minimum atomic E-state index is -0.951. The number of carbonyl (C=O) groups excluding carboxylic acids is 4. The molecule has 1 heterocycles. The quantitative estimate of drug-likeness (QED) is 0.353. The van der Waals surface area contributed by atoms with Crippen molar-refractivity contribution in [2.75, 3.05) is 20.2 Å². The van der Waals surface area contributed by atoms with Crippen molar-refractivity contribution >= 4 is 24.2 Å². The molecule has 5 N–H and O–H groups in total. The Balaban J connectivity index is 0.000000518.